The van der Waals surface area contributed by atoms with Gasteiger partial charge in [-0.1, -0.05) is 27.7 Å². The number of aliphatic hydroxyl groups is 2. The number of rotatable bonds is 1. The molecule has 0 bridgehead atoms. The summed E-state index contributed by atoms with van der Waals surface area (Å²) in [5.41, 5.74) is -0.107. The van der Waals surface area contributed by atoms with Crippen molar-refractivity contribution in [1.29, 1.82) is 0 Å². The lowest BCUT2D eigenvalue weighted by atomic mass is 9.43. The second-order valence-electron chi connectivity index (χ2n) is 10.6. The molecule has 4 unspecified atom stereocenters. The van der Waals surface area contributed by atoms with E-state index in [-0.39, 0.29) is 29.0 Å². The van der Waals surface area contributed by atoms with E-state index in [1.807, 2.05) is 0 Å². The van der Waals surface area contributed by atoms with E-state index in [1.165, 1.54) is 0 Å². The molecule has 4 aliphatic carbocycles. The highest BCUT2D eigenvalue weighted by atomic mass is 16.3. The summed E-state index contributed by atoms with van der Waals surface area (Å²) in [6, 6.07) is 0. The Balaban J connectivity index is 1.71. The van der Waals surface area contributed by atoms with Gasteiger partial charge < -0.3 is 10.2 Å². The van der Waals surface area contributed by atoms with E-state index in [4.69, 9.17) is 0 Å². The number of Topliss-reactive ketones (excluding diaryl/α,β-unsaturated/α-hetero) is 1. The van der Waals surface area contributed by atoms with Crippen LogP contribution in [0.3, 0.4) is 0 Å². The summed E-state index contributed by atoms with van der Waals surface area (Å²) >= 11 is 0. The molecule has 9 atom stereocenters. The van der Waals surface area contributed by atoms with Gasteiger partial charge in [0.25, 0.3) is 0 Å². The Hall–Kier alpha value is -0.410. The first kappa shape index (κ1) is 18.0. The maximum absolute atomic E-state index is 13.4. The standard InChI is InChI=1S/C22H36O3/c1-12(2)15-5-6-16-20-17(11-19(25)22(15,16)4)21(3)8-7-14(23)9-13(21)10-18(20)24/h12-18,20,23-24H,5-11H2,1-4H3/t13-,14+,15?,16?,17?,18+,20?,21-,22+/m0/s1. The lowest BCUT2D eigenvalue weighted by molar-refractivity contribution is -0.181. The minimum atomic E-state index is -0.295. The van der Waals surface area contributed by atoms with Gasteiger partial charge in [0.05, 0.1) is 12.2 Å². The van der Waals surface area contributed by atoms with Crippen molar-refractivity contribution in [3.8, 4) is 0 Å². The molecule has 25 heavy (non-hydrogen) atoms. The summed E-state index contributed by atoms with van der Waals surface area (Å²) in [4.78, 5) is 13.4. The average Bonchev–Trinajstić information content (AvgIpc) is 2.89. The fraction of sp³-hybridized carbons (Fsp3) is 0.955. The second kappa shape index (κ2) is 5.79. The van der Waals surface area contributed by atoms with Gasteiger partial charge in [0, 0.05) is 11.8 Å². The third-order valence-corrected chi connectivity index (χ3v) is 9.39. The molecule has 0 saturated heterocycles. The lowest BCUT2D eigenvalue weighted by Crippen LogP contribution is -2.61. The first-order valence-corrected chi connectivity index (χ1v) is 10.6. The number of aliphatic hydroxyl groups excluding tert-OH is 2. The number of hydrogen-bond acceptors (Lipinski definition) is 3. The number of hydrogen-bond donors (Lipinski definition) is 2. The maximum atomic E-state index is 13.4. The highest BCUT2D eigenvalue weighted by molar-refractivity contribution is 5.87. The van der Waals surface area contributed by atoms with Crippen LogP contribution in [0.15, 0.2) is 0 Å². The molecule has 0 aromatic rings. The highest BCUT2D eigenvalue weighted by Gasteiger charge is 2.65. The van der Waals surface area contributed by atoms with Gasteiger partial charge in [-0.15, -0.1) is 0 Å². The van der Waals surface area contributed by atoms with Crippen LogP contribution in [0, 0.1) is 46.3 Å². The van der Waals surface area contributed by atoms with Crippen molar-refractivity contribution < 1.29 is 15.0 Å². The predicted molar refractivity (Wildman–Crippen MR) is 97.8 cm³/mol. The molecular formula is C22H36O3. The van der Waals surface area contributed by atoms with Crippen LogP contribution < -0.4 is 0 Å². The molecule has 0 heterocycles. The van der Waals surface area contributed by atoms with Crippen molar-refractivity contribution in [3.63, 3.8) is 0 Å². The van der Waals surface area contributed by atoms with Crippen molar-refractivity contribution in [2.24, 2.45) is 46.3 Å². The zero-order chi connectivity index (χ0) is 18.1. The van der Waals surface area contributed by atoms with Crippen LogP contribution in [0.25, 0.3) is 0 Å². The zero-order valence-corrected chi connectivity index (χ0v) is 16.4. The van der Waals surface area contributed by atoms with Gasteiger partial charge >= 0.3 is 0 Å². The Kier molecular flexibility index (Phi) is 4.16. The van der Waals surface area contributed by atoms with Crippen LogP contribution >= 0.6 is 0 Å². The third kappa shape index (κ3) is 2.34. The van der Waals surface area contributed by atoms with Crippen LogP contribution in [-0.4, -0.2) is 28.2 Å². The van der Waals surface area contributed by atoms with Crippen LogP contribution in [0.2, 0.25) is 0 Å². The van der Waals surface area contributed by atoms with Crippen LogP contribution in [0.4, 0.5) is 0 Å². The van der Waals surface area contributed by atoms with Crippen molar-refractivity contribution in [2.45, 2.75) is 84.8 Å². The van der Waals surface area contributed by atoms with Gasteiger partial charge in [0.1, 0.15) is 5.78 Å². The topological polar surface area (TPSA) is 57.5 Å². The minimum absolute atomic E-state index is 0.121. The summed E-state index contributed by atoms with van der Waals surface area (Å²) in [5, 5.41) is 21.3. The van der Waals surface area contributed by atoms with Crippen molar-refractivity contribution in [1.82, 2.24) is 0 Å². The molecule has 2 N–H and O–H groups in total. The molecule has 0 aromatic carbocycles. The van der Waals surface area contributed by atoms with Gasteiger partial charge in [-0.25, -0.2) is 0 Å². The summed E-state index contributed by atoms with van der Waals surface area (Å²) in [6.45, 7) is 9.10. The molecule has 0 amide bonds. The van der Waals surface area contributed by atoms with Crippen molar-refractivity contribution in [3.05, 3.63) is 0 Å². The number of ketones is 1. The largest absolute Gasteiger partial charge is 0.393 e. The monoisotopic (exact) mass is 348 g/mol. The molecule has 4 fully saturated rings. The number of carbonyl (C=O) groups excluding carboxylic acids is 1. The maximum Gasteiger partial charge on any atom is 0.139 e. The average molecular weight is 349 g/mol. The Morgan fingerprint density at radius 1 is 1.04 bits per heavy atom. The number of fused-ring (bicyclic) bond motifs is 5. The first-order chi connectivity index (χ1) is 11.7. The van der Waals surface area contributed by atoms with Crippen LogP contribution in [0.5, 0.6) is 0 Å². The summed E-state index contributed by atoms with van der Waals surface area (Å²) in [5.74, 6) is 2.78. The summed E-state index contributed by atoms with van der Waals surface area (Å²) < 4.78 is 0. The first-order valence-electron chi connectivity index (χ1n) is 10.6. The highest BCUT2D eigenvalue weighted by Crippen LogP contribution is 2.67. The molecule has 0 spiro atoms. The predicted octanol–water partition coefficient (Wildman–Crippen LogP) is 3.81. The molecule has 0 aromatic heterocycles. The van der Waals surface area contributed by atoms with E-state index >= 15 is 0 Å². The van der Waals surface area contributed by atoms with Gasteiger partial charge in [-0.3, -0.25) is 4.79 Å². The Bertz CT molecular complexity index is 557. The SMILES string of the molecule is CC(C)C1CCC2C3C(CC(=O)[C@]12C)[C@@]1(C)CC[C@@H](O)C[C@H]1C[C@H]3O. The molecule has 0 radical (unpaired) electrons. The molecule has 3 heteroatoms. The Morgan fingerprint density at radius 2 is 1.76 bits per heavy atom. The van der Waals surface area contributed by atoms with E-state index in [1.54, 1.807) is 0 Å². The smallest absolute Gasteiger partial charge is 0.139 e. The van der Waals surface area contributed by atoms with Gasteiger partial charge in [0.15, 0.2) is 0 Å². The molecular weight excluding hydrogens is 312 g/mol. The fourth-order valence-corrected chi connectivity index (χ4v) is 8.01. The lowest BCUT2D eigenvalue weighted by Gasteiger charge is -2.61. The molecule has 142 valence electrons. The van der Waals surface area contributed by atoms with Crippen LogP contribution in [-0.2, 0) is 4.79 Å². The third-order valence-electron chi connectivity index (χ3n) is 9.39. The van der Waals surface area contributed by atoms with E-state index in [9.17, 15) is 15.0 Å². The summed E-state index contributed by atoms with van der Waals surface area (Å²) in [7, 11) is 0. The second-order valence-corrected chi connectivity index (χ2v) is 10.6. The number of carbonyl (C=O) groups is 1. The Morgan fingerprint density at radius 3 is 2.44 bits per heavy atom. The van der Waals surface area contributed by atoms with Crippen molar-refractivity contribution in [2.75, 3.05) is 0 Å². The Labute approximate surface area is 152 Å². The van der Waals surface area contributed by atoms with Gasteiger partial charge in [-0.2, -0.15) is 0 Å². The summed E-state index contributed by atoms with van der Waals surface area (Å²) in [6.07, 6.45) is 5.88. The molecule has 4 aliphatic rings. The molecule has 4 rings (SSSR count). The molecule has 4 saturated carbocycles. The van der Waals surface area contributed by atoms with Gasteiger partial charge in [0.2, 0.25) is 0 Å². The van der Waals surface area contributed by atoms with E-state index in [0.717, 1.165) is 38.5 Å². The molecule has 0 aliphatic heterocycles. The zero-order valence-electron chi connectivity index (χ0n) is 16.4. The normalized spacial score (nSPS) is 55.6. The quantitative estimate of drug-likeness (QED) is 0.757. The molecule has 3 nitrogen and oxygen atoms in total. The van der Waals surface area contributed by atoms with Crippen LogP contribution in [0.1, 0.15) is 72.6 Å². The fourth-order valence-electron chi connectivity index (χ4n) is 8.01. The van der Waals surface area contributed by atoms with Gasteiger partial charge in [-0.05, 0) is 79.4 Å². The van der Waals surface area contributed by atoms with E-state index in [2.05, 4.69) is 27.7 Å². The minimum Gasteiger partial charge on any atom is -0.393 e. The van der Waals surface area contributed by atoms with Crippen molar-refractivity contribution >= 4 is 5.78 Å². The van der Waals surface area contributed by atoms with E-state index < -0.39 is 0 Å². The van der Waals surface area contributed by atoms with E-state index in [0.29, 0.717) is 41.8 Å².